The van der Waals surface area contributed by atoms with Crippen molar-refractivity contribution < 1.29 is 27.8 Å². The smallest absolute Gasteiger partial charge is 0.300 e. The summed E-state index contributed by atoms with van der Waals surface area (Å²) in [4.78, 5) is 14.4. The number of amides is 1. The van der Waals surface area contributed by atoms with Gasteiger partial charge in [0, 0.05) is 36.1 Å². The van der Waals surface area contributed by atoms with Crippen molar-refractivity contribution in [3.8, 4) is 0 Å². The van der Waals surface area contributed by atoms with Gasteiger partial charge in [0.1, 0.15) is 11.4 Å². The van der Waals surface area contributed by atoms with E-state index in [0.717, 1.165) is 37.4 Å². The number of rotatable bonds is 6. The van der Waals surface area contributed by atoms with E-state index in [2.05, 4.69) is 15.5 Å². The summed E-state index contributed by atoms with van der Waals surface area (Å²) >= 11 is 0. The Morgan fingerprint density at radius 1 is 1.14 bits per heavy atom. The average Bonchev–Trinajstić information content (AvgIpc) is 3.00. The first-order chi connectivity index (χ1) is 16.6. The monoisotopic (exact) mass is 502 g/mol. The number of methoxy groups -OCH3 is 1. The molecule has 4 rings (SSSR count). The van der Waals surface area contributed by atoms with Crippen LogP contribution in [0.5, 0.6) is 0 Å². The zero-order chi connectivity index (χ0) is 26.8. The number of aromatic nitrogens is 2. The minimum absolute atomic E-state index is 0.211. The normalized spacial score (nSPS) is 19.1. The lowest BCUT2D eigenvalue weighted by Gasteiger charge is -2.30. The number of anilines is 2. The largest absolute Gasteiger partial charge is 0.384 e. The van der Waals surface area contributed by atoms with Crippen molar-refractivity contribution >= 4 is 28.2 Å². The van der Waals surface area contributed by atoms with Crippen LogP contribution < -0.4 is 10.2 Å². The van der Waals surface area contributed by atoms with E-state index in [9.17, 15) is 23.1 Å². The summed E-state index contributed by atoms with van der Waals surface area (Å²) in [6.45, 7) is 7.13. The van der Waals surface area contributed by atoms with Crippen molar-refractivity contribution in [3.63, 3.8) is 0 Å². The van der Waals surface area contributed by atoms with Crippen LogP contribution in [-0.4, -0.2) is 41.0 Å². The number of hydrogen-bond donors (Lipinski definition) is 2. The van der Waals surface area contributed by atoms with Gasteiger partial charge in [-0.1, -0.05) is 0 Å². The highest BCUT2D eigenvalue weighted by atomic mass is 19.3. The third kappa shape index (κ3) is 3.88. The van der Waals surface area contributed by atoms with Gasteiger partial charge in [-0.3, -0.25) is 4.79 Å². The highest BCUT2D eigenvalue weighted by Gasteiger charge is 2.48. The molecule has 3 aromatic rings. The van der Waals surface area contributed by atoms with Crippen LogP contribution in [0.2, 0.25) is 0 Å². The van der Waals surface area contributed by atoms with Crippen LogP contribution in [0.25, 0.3) is 10.8 Å². The molecular formula is C26H29F3N4O3. The Balaban J connectivity index is 1.78. The maximum atomic E-state index is 14.8. The third-order valence-electron chi connectivity index (χ3n) is 6.98. The molecule has 7 nitrogen and oxygen atoms in total. The summed E-state index contributed by atoms with van der Waals surface area (Å²) in [5, 5.41) is 22.9. The molecule has 0 radical (unpaired) electrons. The van der Waals surface area contributed by atoms with Crippen LogP contribution in [0.15, 0.2) is 30.3 Å². The molecule has 0 spiro atoms. The van der Waals surface area contributed by atoms with Crippen molar-refractivity contribution in [3.05, 3.63) is 58.5 Å². The van der Waals surface area contributed by atoms with Crippen LogP contribution in [0, 0.1) is 12.7 Å². The number of aliphatic hydroxyl groups is 1. The third-order valence-corrected chi connectivity index (χ3v) is 6.98. The molecule has 1 aliphatic rings. The molecule has 10 heteroatoms. The molecule has 2 N–H and O–H groups in total. The molecule has 0 fully saturated rings. The Kier molecular flexibility index (Phi) is 6.04. The number of benzene rings is 2. The number of halogens is 3. The van der Waals surface area contributed by atoms with E-state index in [1.807, 2.05) is 12.1 Å². The summed E-state index contributed by atoms with van der Waals surface area (Å²) in [6, 6.07) is 6.05. The molecule has 1 amide bonds. The van der Waals surface area contributed by atoms with Crippen molar-refractivity contribution in [1.29, 1.82) is 0 Å². The molecule has 1 aliphatic heterocycles. The molecular weight excluding hydrogens is 473 g/mol. The second-order valence-corrected chi connectivity index (χ2v) is 9.92. The molecule has 0 saturated heterocycles. The van der Waals surface area contributed by atoms with Crippen LogP contribution in [-0.2, 0) is 21.1 Å². The predicted octanol–water partition coefficient (Wildman–Crippen LogP) is 4.95. The van der Waals surface area contributed by atoms with Gasteiger partial charge in [-0.15, -0.1) is 5.10 Å². The highest BCUT2D eigenvalue weighted by molar-refractivity contribution is 6.10. The zero-order valence-corrected chi connectivity index (χ0v) is 21.2. The van der Waals surface area contributed by atoms with E-state index in [0.29, 0.717) is 28.1 Å². The molecule has 36 heavy (non-hydrogen) atoms. The SMILES string of the molecule is COC1(C)C(=O)N(C)c2cc3c(N[C@H](C)c4cc(F)cc(C(F)(F)C(C)(C)O)c4)nnc(C)c3cc21. The van der Waals surface area contributed by atoms with Crippen LogP contribution in [0.1, 0.15) is 56.1 Å². The molecule has 192 valence electrons. The highest BCUT2D eigenvalue weighted by Crippen LogP contribution is 2.45. The van der Waals surface area contributed by atoms with Gasteiger partial charge < -0.3 is 20.1 Å². The molecule has 2 atom stereocenters. The number of nitrogens with one attached hydrogen (secondary N) is 1. The van der Waals surface area contributed by atoms with Crippen LogP contribution in [0.3, 0.4) is 0 Å². The maximum Gasteiger partial charge on any atom is 0.300 e. The molecule has 2 heterocycles. The fourth-order valence-corrected chi connectivity index (χ4v) is 4.51. The quantitative estimate of drug-likeness (QED) is 0.496. The minimum atomic E-state index is -3.67. The summed E-state index contributed by atoms with van der Waals surface area (Å²) in [6.07, 6.45) is 0. The second kappa shape index (κ2) is 8.41. The van der Waals surface area contributed by atoms with Gasteiger partial charge in [-0.2, -0.15) is 13.9 Å². The first-order valence-corrected chi connectivity index (χ1v) is 11.4. The van der Waals surface area contributed by atoms with E-state index in [1.54, 1.807) is 27.8 Å². The predicted molar refractivity (Wildman–Crippen MR) is 131 cm³/mol. The zero-order valence-electron chi connectivity index (χ0n) is 21.2. The summed E-state index contributed by atoms with van der Waals surface area (Å²) < 4.78 is 49.4. The summed E-state index contributed by atoms with van der Waals surface area (Å²) in [7, 11) is 3.14. The molecule has 1 aromatic heterocycles. The van der Waals surface area contributed by atoms with Crippen LogP contribution >= 0.6 is 0 Å². The number of likely N-dealkylation sites (N-methyl/N-ethyl adjacent to an activating group) is 1. The molecule has 2 aromatic carbocycles. The fourth-order valence-electron chi connectivity index (χ4n) is 4.51. The number of ether oxygens (including phenoxy) is 1. The summed E-state index contributed by atoms with van der Waals surface area (Å²) in [5.74, 6) is -4.39. The average molecular weight is 503 g/mol. The van der Waals surface area contributed by atoms with E-state index in [-0.39, 0.29) is 11.5 Å². The summed E-state index contributed by atoms with van der Waals surface area (Å²) in [5.41, 5.74) is -1.93. The number of alkyl halides is 2. The first-order valence-electron chi connectivity index (χ1n) is 11.4. The Morgan fingerprint density at radius 3 is 2.42 bits per heavy atom. The van der Waals surface area contributed by atoms with Crippen molar-refractivity contribution in [2.45, 2.75) is 57.8 Å². The Bertz CT molecular complexity index is 1370. The van der Waals surface area contributed by atoms with Gasteiger partial charge in [-0.05, 0) is 70.5 Å². The fraction of sp³-hybridized carbons (Fsp3) is 0.423. The number of aryl methyl sites for hydroxylation is 1. The van der Waals surface area contributed by atoms with Gasteiger partial charge in [0.05, 0.1) is 17.4 Å². The lowest BCUT2D eigenvalue weighted by Crippen LogP contribution is -2.40. The number of carbonyl (C=O) groups excluding carboxylic acids is 1. The minimum Gasteiger partial charge on any atom is -0.384 e. The van der Waals surface area contributed by atoms with Gasteiger partial charge in [0.2, 0.25) is 0 Å². The lowest BCUT2D eigenvalue weighted by molar-refractivity contribution is -0.168. The van der Waals surface area contributed by atoms with E-state index in [4.69, 9.17) is 4.74 Å². The molecule has 0 saturated carbocycles. The van der Waals surface area contributed by atoms with Crippen LogP contribution in [0.4, 0.5) is 24.7 Å². The molecule has 0 bridgehead atoms. The van der Waals surface area contributed by atoms with Gasteiger partial charge >= 0.3 is 5.92 Å². The Hall–Kier alpha value is -3.24. The lowest BCUT2D eigenvalue weighted by atomic mass is 9.91. The van der Waals surface area contributed by atoms with Crippen molar-refractivity contribution in [2.24, 2.45) is 0 Å². The number of hydrogen-bond acceptors (Lipinski definition) is 6. The first kappa shape index (κ1) is 25.8. The van der Waals surface area contributed by atoms with Crippen molar-refractivity contribution in [2.75, 3.05) is 24.4 Å². The maximum absolute atomic E-state index is 14.8. The van der Waals surface area contributed by atoms with E-state index in [1.165, 1.54) is 12.0 Å². The van der Waals surface area contributed by atoms with Gasteiger partial charge in [0.25, 0.3) is 5.91 Å². The Morgan fingerprint density at radius 2 is 1.81 bits per heavy atom. The molecule has 0 aliphatic carbocycles. The topological polar surface area (TPSA) is 87.6 Å². The number of fused-ring (bicyclic) bond motifs is 2. The van der Waals surface area contributed by atoms with Gasteiger partial charge in [-0.25, -0.2) is 4.39 Å². The van der Waals surface area contributed by atoms with E-state index < -0.39 is 34.5 Å². The Labute approximate surface area is 207 Å². The number of carbonyl (C=O) groups is 1. The number of nitrogens with zero attached hydrogens (tertiary/aromatic N) is 3. The van der Waals surface area contributed by atoms with Gasteiger partial charge in [0.15, 0.2) is 11.4 Å². The van der Waals surface area contributed by atoms with Crippen molar-refractivity contribution in [1.82, 2.24) is 10.2 Å². The molecule has 1 unspecified atom stereocenters. The van der Waals surface area contributed by atoms with E-state index >= 15 is 0 Å². The second-order valence-electron chi connectivity index (χ2n) is 9.92. The standard InChI is InChI=1S/C26H29F3N4O3/c1-13(15-8-16(10-17(27)9-15)26(28,29)24(3,4)35)30-22-19-12-21-20(11-18(19)14(2)31-32-22)25(5,36-7)23(34)33(21)6/h8-13,35H,1-7H3,(H,30,32)/t13-,25?/m1/s1.